The van der Waals surface area contributed by atoms with Gasteiger partial charge >= 0.3 is 5.97 Å². The Kier molecular flexibility index (Phi) is 7.63. The van der Waals surface area contributed by atoms with E-state index in [1.165, 1.54) is 0 Å². The maximum absolute atomic E-state index is 12.4. The number of rotatable bonds is 9. The molecule has 0 aliphatic carbocycles. The van der Waals surface area contributed by atoms with Gasteiger partial charge in [-0.1, -0.05) is 0 Å². The van der Waals surface area contributed by atoms with E-state index in [0.717, 1.165) is 13.0 Å². The van der Waals surface area contributed by atoms with Crippen LogP contribution < -0.4 is 0 Å². The Morgan fingerprint density at radius 2 is 1.86 bits per heavy atom. The van der Waals surface area contributed by atoms with E-state index in [9.17, 15) is 9.59 Å². The van der Waals surface area contributed by atoms with Crippen LogP contribution in [0.15, 0.2) is 0 Å². The molecule has 0 saturated carbocycles. The van der Waals surface area contributed by atoms with Gasteiger partial charge in [0.1, 0.15) is 6.10 Å². The fourth-order valence-electron chi connectivity index (χ4n) is 2.32. The molecule has 1 amide bonds. The lowest BCUT2D eigenvalue weighted by atomic mass is 10.1. The van der Waals surface area contributed by atoms with Gasteiger partial charge in [0.2, 0.25) is 0 Å². The van der Waals surface area contributed by atoms with Crippen molar-refractivity contribution in [2.45, 2.75) is 31.5 Å². The lowest BCUT2D eigenvalue weighted by Crippen LogP contribution is -2.42. The molecule has 7 heteroatoms. The first-order valence-electron chi connectivity index (χ1n) is 7.26. The number of hydrogen-bond donors (Lipinski definition) is 1. The topological polar surface area (TPSA) is 79.3 Å². The minimum atomic E-state index is -0.999. The first-order chi connectivity index (χ1) is 9.95. The molecule has 0 aromatic heterocycles. The van der Waals surface area contributed by atoms with Crippen LogP contribution in [0, 0.1) is 0 Å². The number of hydrogen-bond acceptors (Lipinski definition) is 5. The van der Waals surface area contributed by atoms with Crippen molar-refractivity contribution in [3.8, 4) is 0 Å². The van der Waals surface area contributed by atoms with Crippen molar-refractivity contribution in [3.63, 3.8) is 0 Å². The Morgan fingerprint density at radius 1 is 1.19 bits per heavy atom. The summed E-state index contributed by atoms with van der Waals surface area (Å²) in [6, 6.07) is 0. The minimum absolute atomic E-state index is 0.130. The van der Waals surface area contributed by atoms with Crippen LogP contribution in [0.2, 0.25) is 0 Å². The fourth-order valence-corrected chi connectivity index (χ4v) is 2.32. The summed E-state index contributed by atoms with van der Waals surface area (Å²) >= 11 is 0. The van der Waals surface area contributed by atoms with Gasteiger partial charge < -0.3 is 24.4 Å². The van der Waals surface area contributed by atoms with Gasteiger partial charge in [-0.3, -0.25) is 4.79 Å². The number of methoxy groups -OCH3 is 1. The highest BCUT2D eigenvalue weighted by molar-refractivity contribution is 5.82. The van der Waals surface area contributed by atoms with Gasteiger partial charge in [0.25, 0.3) is 5.91 Å². The Labute approximate surface area is 125 Å². The van der Waals surface area contributed by atoms with Crippen molar-refractivity contribution >= 4 is 11.9 Å². The number of amides is 1. The summed E-state index contributed by atoms with van der Waals surface area (Å²) < 4.78 is 10.4. The van der Waals surface area contributed by atoms with Crippen molar-refractivity contribution in [1.29, 1.82) is 0 Å². The second-order valence-corrected chi connectivity index (χ2v) is 5.50. The standard InChI is InChI=1S/C14H26N2O5/c1-15(2)7-4-8-16(9-10-20-3)13(17)11-5-6-12(21-11)14(18)19/h11-12H,4-10H2,1-3H3,(H,18,19)/t11-,12+/m0/s1. The molecular formula is C14H26N2O5. The van der Waals surface area contributed by atoms with Crippen molar-refractivity contribution in [1.82, 2.24) is 9.80 Å². The molecule has 0 spiro atoms. The first-order valence-corrected chi connectivity index (χ1v) is 7.26. The number of nitrogens with zero attached hydrogens (tertiary/aromatic N) is 2. The molecule has 1 aliphatic heterocycles. The molecule has 2 atom stereocenters. The van der Waals surface area contributed by atoms with E-state index in [1.807, 2.05) is 14.1 Å². The molecule has 1 heterocycles. The summed E-state index contributed by atoms with van der Waals surface area (Å²) in [5, 5.41) is 8.92. The van der Waals surface area contributed by atoms with E-state index in [-0.39, 0.29) is 5.91 Å². The molecule has 1 rings (SSSR count). The Hall–Kier alpha value is -1.18. The van der Waals surface area contributed by atoms with Crippen LogP contribution in [0.5, 0.6) is 0 Å². The summed E-state index contributed by atoms with van der Waals surface area (Å²) in [7, 11) is 5.56. The van der Waals surface area contributed by atoms with Crippen LogP contribution in [0.3, 0.4) is 0 Å². The molecule has 122 valence electrons. The van der Waals surface area contributed by atoms with Gasteiger partial charge in [0.05, 0.1) is 6.61 Å². The van der Waals surface area contributed by atoms with E-state index in [4.69, 9.17) is 14.6 Å². The van der Waals surface area contributed by atoms with Gasteiger partial charge in [-0.05, 0) is 39.9 Å². The van der Waals surface area contributed by atoms with Gasteiger partial charge in [0, 0.05) is 20.2 Å². The molecule has 1 aliphatic rings. The van der Waals surface area contributed by atoms with Crippen molar-refractivity contribution in [2.24, 2.45) is 0 Å². The van der Waals surface area contributed by atoms with Crippen LogP contribution in [0.4, 0.5) is 0 Å². The number of carbonyl (C=O) groups excluding carboxylic acids is 1. The number of carbonyl (C=O) groups is 2. The average Bonchev–Trinajstić information content (AvgIpc) is 2.91. The van der Waals surface area contributed by atoms with Crippen molar-refractivity contribution in [3.05, 3.63) is 0 Å². The second kappa shape index (κ2) is 8.96. The third-order valence-corrected chi connectivity index (χ3v) is 3.48. The predicted octanol–water partition coefficient (Wildman–Crippen LogP) is 0.0453. The average molecular weight is 302 g/mol. The molecule has 1 fully saturated rings. The van der Waals surface area contributed by atoms with Gasteiger partial charge in [-0.25, -0.2) is 4.79 Å². The van der Waals surface area contributed by atoms with Crippen LogP contribution in [-0.4, -0.2) is 86.4 Å². The van der Waals surface area contributed by atoms with Gasteiger partial charge in [-0.15, -0.1) is 0 Å². The van der Waals surface area contributed by atoms with E-state index in [1.54, 1.807) is 12.0 Å². The third-order valence-electron chi connectivity index (χ3n) is 3.48. The Bertz CT molecular complexity index is 348. The lowest BCUT2D eigenvalue weighted by Gasteiger charge is -2.26. The molecule has 0 unspecified atom stereocenters. The fraction of sp³-hybridized carbons (Fsp3) is 0.857. The first kappa shape index (κ1) is 17.9. The van der Waals surface area contributed by atoms with E-state index in [2.05, 4.69) is 4.90 Å². The van der Waals surface area contributed by atoms with E-state index >= 15 is 0 Å². The number of carboxylic acid groups (broad SMARTS) is 1. The zero-order valence-electron chi connectivity index (χ0n) is 13.1. The zero-order chi connectivity index (χ0) is 15.8. The van der Waals surface area contributed by atoms with Crippen molar-refractivity contribution in [2.75, 3.05) is 47.4 Å². The molecule has 0 bridgehead atoms. The number of aliphatic carboxylic acids is 1. The smallest absolute Gasteiger partial charge is 0.332 e. The monoisotopic (exact) mass is 302 g/mol. The lowest BCUT2D eigenvalue weighted by molar-refractivity contribution is -0.155. The highest BCUT2D eigenvalue weighted by atomic mass is 16.5. The van der Waals surface area contributed by atoms with Crippen molar-refractivity contribution < 1.29 is 24.2 Å². The maximum Gasteiger partial charge on any atom is 0.332 e. The highest BCUT2D eigenvalue weighted by Gasteiger charge is 2.36. The molecule has 1 N–H and O–H groups in total. The zero-order valence-corrected chi connectivity index (χ0v) is 13.1. The summed E-state index contributed by atoms with van der Waals surface area (Å²) in [5.41, 5.74) is 0. The molecule has 1 saturated heterocycles. The number of carboxylic acids is 1. The molecule has 0 aromatic carbocycles. The molecule has 7 nitrogen and oxygen atoms in total. The summed E-state index contributed by atoms with van der Waals surface area (Å²) in [6.45, 7) is 2.47. The molecule has 0 radical (unpaired) electrons. The van der Waals surface area contributed by atoms with E-state index < -0.39 is 18.2 Å². The van der Waals surface area contributed by atoms with Crippen LogP contribution >= 0.6 is 0 Å². The third kappa shape index (κ3) is 5.99. The number of ether oxygens (including phenoxy) is 2. The summed E-state index contributed by atoms with van der Waals surface area (Å²) in [6.07, 6.45) is 0.221. The largest absolute Gasteiger partial charge is 0.479 e. The van der Waals surface area contributed by atoms with Crippen LogP contribution in [-0.2, 0) is 19.1 Å². The molecular weight excluding hydrogens is 276 g/mol. The maximum atomic E-state index is 12.4. The summed E-state index contributed by atoms with van der Waals surface area (Å²) in [5.74, 6) is -1.13. The minimum Gasteiger partial charge on any atom is -0.479 e. The Balaban J connectivity index is 2.52. The molecule has 0 aromatic rings. The van der Waals surface area contributed by atoms with Gasteiger partial charge in [0.15, 0.2) is 6.10 Å². The predicted molar refractivity (Wildman–Crippen MR) is 77.2 cm³/mol. The summed E-state index contributed by atoms with van der Waals surface area (Å²) in [4.78, 5) is 27.1. The van der Waals surface area contributed by atoms with Gasteiger partial charge in [-0.2, -0.15) is 0 Å². The second-order valence-electron chi connectivity index (χ2n) is 5.50. The molecule has 21 heavy (non-hydrogen) atoms. The SMILES string of the molecule is COCCN(CCCN(C)C)C(=O)[C@@H]1CC[C@H](C(=O)O)O1. The quantitative estimate of drug-likeness (QED) is 0.648. The van der Waals surface area contributed by atoms with E-state index in [0.29, 0.717) is 32.5 Å². The highest BCUT2D eigenvalue weighted by Crippen LogP contribution is 2.21. The Morgan fingerprint density at radius 3 is 2.38 bits per heavy atom. The van der Waals surface area contributed by atoms with Crippen LogP contribution in [0.25, 0.3) is 0 Å². The normalized spacial score (nSPS) is 21.7. The van der Waals surface area contributed by atoms with Crippen LogP contribution in [0.1, 0.15) is 19.3 Å².